The molecule has 2 aliphatic rings. The van der Waals surface area contributed by atoms with E-state index in [0.717, 1.165) is 12.1 Å². The molecule has 2 fully saturated rings. The number of carbonyl (C=O) groups excluding carboxylic acids is 1. The van der Waals surface area contributed by atoms with Crippen LogP contribution in [0, 0.1) is 5.41 Å². The van der Waals surface area contributed by atoms with Crippen molar-refractivity contribution in [3.05, 3.63) is 29.8 Å². The number of anilines is 1. The van der Waals surface area contributed by atoms with Gasteiger partial charge in [-0.2, -0.15) is 13.2 Å². The number of nitrogens with one attached hydrogen (secondary N) is 1. The fraction of sp³-hybridized carbons (Fsp3) is 0.500. The molecular formula is C16H17F3N2O3. The van der Waals surface area contributed by atoms with Gasteiger partial charge in [-0.15, -0.1) is 0 Å². The van der Waals surface area contributed by atoms with Crippen LogP contribution in [-0.2, 0) is 15.8 Å². The molecule has 1 saturated heterocycles. The van der Waals surface area contributed by atoms with Crippen LogP contribution in [0.4, 0.5) is 18.9 Å². The van der Waals surface area contributed by atoms with Crippen molar-refractivity contribution in [1.29, 1.82) is 0 Å². The summed E-state index contributed by atoms with van der Waals surface area (Å²) in [7, 11) is 0. The molecule has 2 N–H and O–H groups in total. The van der Waals surface area contributed by atoms with Gasteiger partial charge in [0.15, 0.2) is 0 Å². The Labute approximate surface area is 136 Å². The average Bonchev–Trinajstić information content (AvgIpc) is 3.22. The summed E-state index contributed by atoms with van der Waals surface area (Å²) in [6.45, 7) is 1.04. The highest BCUT2D eigenvalue weighted by molar-refractivity contribution is 6.04. The molecule has 0 aromatic heterocycles. The van der Waals surface area contributed by atoms with Gasteiger partial charge in [-0.25, -0.2) is 0 Å². The lowest BCUT2D eigenvalue weighted by Gasteiger charge is -2.20. The number of carboxylic acid groups (broad SMARTS) is 1. The Bertz CT molecular complexity index is 654. The standard InChI is InChI=1S/C16H17F3N2O3/c17-16(18,19)10-1-3-12(4-2-10)21-8-5-11(9-21)20-13(22)15(6-7-15)14(23)24/h1-4,11H,5-9H2,(H,20,22)(H,23,24). The fourth-order valence-corrected chi connectivity index (χ4v) is 2.96. The maximum Gasteiger partial charge on any atom is 0.416 e. The smallest absolute Gasteiger partial charge is 0.416 e. The molecule has 24 heavy (non-hydrogen) atoms. The molecule has 0 radical (unpaired) electrons. The summed E-state index contributed by atoms with van der Waals surface area (Å²) in [6.07, 6.45) is -3.04. The van der Waals surface area contributed by atoms with E-state index in [1.165, 1.54) is 12.1 Å². The number of alkyl halides is 3. The molecule has 3 rings (SSSR count). The second-order valence-electron chi connectivity index (χ2n) is 6.34. The summed E-state index contributed by atoms with van der Waals surface area (Å²) in [6, 6.07) is 4.69. The van der Waals surface area contributed by atoms with Gasteiger partial charge < -0.3 is 15.3 Å². The van der Waals surface area contributed by atoms with E-state index in [0.29, 0.717) is 38.0 Å². The molecule has 0 bridgehead atoms. The minimum atomic E-state index is -4.37. The molecule has 1 aliphatic carbocycles. The number of carbonyl (C=O) groups is 2. The third-order valence-corrected chi connectivity index (χ3v) is 4.68. The number of hydrogen-bond donors (Lipinski definition) is 2. The maximum atomic E-state index is 12.6. The number of hydrogen-bond acceptors (Lipinski definition) is 3. The molecular weight excluding hydrogens is 325 g/mol. The quantitative estimate of drug-likeness (QED) is 0.824. The molecule has 5 nitrogen and oxygen atoms in total. The van der Waals surface area contributed by atoms with Gasteiger partial charge in [-0.05, 0) is 43.5 Å². The minimum Gasteiger partial charge on any atom is -0.480 e. The SMILES string of the molecule is O=C(O)C1(C(=O)NC2CCN(c3ccc(C(F)(F)F)cc3)C2)CC1. The molecule has 8 heteroatoms. The minimum absolute atomic E-state index is 0.198. The Balaban J connectivity index is 1.59. The van der Waals surface area contributed by atoms with Crippen molar-refractivity contribution in [1.82, 2.24) is 5.32 Å². The molecule has 0 spiro atoms. The third-order valence-electron chi connectivity index (χ3n) is 4.68. The maximum absolute atomic E-state index is 12.6. The van der Waals surface area contributed by atoms with Crippen LogP contribution < -0.4 is 10.2 Å². The predicted octanol–water partition coefficient (Wildman–Crippen LogP) is 2.27. The summed E-state index contributed by atoms with van der Waals surface area (Å²) < 4.78 is 37.7. The van der Waals surface area contributed by atoms with Crippen molar-refractivity contribution in [2.75, 3.05) is 18.0 Å². The van der Waals surface area contributed by atoms with Crippen molar-refractivity contribution in [3.8, 4) is 0 Å². The first-order valence-corrected chi connectivity index (χ1v) is 7.69. The van der Waals surface area contributed by atoms with Gasteiger partial charge in [0.25, 0.3) is 0 Å². The molecule has 130 valence electrons. The molecule has 1 saturated carbocycles. The summed E-state index contributed by atoms with van der Waals surface area (Å²) >= 11 is 0. The zero-order valence-corrected chi connectivity index (χ0v) is 12.8. The van der Waals surface area contributed by atoms with E-state index in [1.54, 1.807) is 0 Å². The van der Waals surface area contributed by atoms with Crippen LogP contribution >= 0.6 is 0 Å². The Hall–Kier alpha value is -2.25. The highest BCUT2D eigenvalue weighted by Gasteiger charge is 2.57. The number of amides is 1. The van der Waals surface area contributed by atoms with Crippen molar-refractivity contribution in [2.24, 2.45) is 5.41 Å². The zero-order valence-electron chi connectivity index (χ0n) is 12.8. The largest absolute Gasteiger partial charge is 0.480 e. The summed E-state index contributed by atoms with van der Waals surface area (Å²) in [4.78, 5) is 25.1. The number of benzene rings is 1. The van der Waals surface area contributed by atoms with E-state index >= 15 is 0 Å². The highest BCUT2D eigenvalue weighted by Crippen LogP contribution is 2.46. The predicted molar refractivity (Wildman–Crippen MR) is 79.5 cm³/mol. The van der Waals surface area contributed by atoms with Gasteiger partial charge in [-0.1, -0.05) is 0 Å². The van der Waals surface area contributed by atoms with Crippen LogP contribution in [0.15, 0.2) is 24.3 Å². The second-order valence-corrected chi connectivity index (χ2v) is 6.34. The summed E-state index contributed by atoms with van der Waals surface area (Å²) in [5, 5.41) is 11.9. The number of carboxylic acids is 1. The Kier molecular flexibility index (Phi) is 3.93. The van der Waals surface area contributed by atoms with E-state index in [9.17, 15) is 22.8 Å². The Morgan fingerprint density at radius 1 is 1.21 bits per heavy atom. The molecule has 1 unspecified atom stereocenters. The van der Waals surface area contributed by atoms with Crippen molar-refractivity contribution in [3.63, 3.8) is 0 Å². The van der Waals surface area contributed by atoms with Crippen LogP contribution in [0.5, 0.6) is 0 Å². The third kappa shape index (κ3) is 3.05. The van der Waals surface area contributed by atoms with Gasteiger partial charge >= 0.3 is 12.1 Å². The van der Waals surface area contributed by atoms with Gasteiger partial charge in [0.1, 0.15) is 5.41 Å². The highest BCUT2D eigenvalue weighted by atomic mass is 19.4. The summed E-state index contributed by atoms with van der Waals surface area (Å²) in [5.74, 6) is -1.56. The average molecular weight is 342 g/mol. The zero-order chi connectivity index (χ0) is 17.5. The van der Waals surface area contributed by atoms with E-state index in [-0.39, 0.29) is 6.04 Å². The van der Waals surface area contributed by atoms with Crippen molar-refractivity contribution in [2.45, 2.75) is 31.5 Å². The van der Waals surface area contributed by atoms with E-state index in [2.05, 4.69) is 5.32 Å². The van der Waals surface area contributed by atoms with Crippen LogP contribution in [0.25, 0.3) is 0 Å². The molecule has 1 aromatic rings. The van der Waals surface area contributed by atoms with E-state index in [4.69, 9.17) is 5.11 Å². The number of aliphatic carboxylic acids is 1. The lowest BCUT2D eigenvalue weighted by molar-refractivity contribution is -0.149. The van der Waals surface area contributed by atoms with Crippen molar-refractivity contribution < 1.29 is 27.9 Å². The van der Waals surface area contributed by atoms with Gasteiger partial charge in [0.2, 0.25) is 5.91 Å². The normalized spacial score (nSPS) is 22.3. The first-order valence-electron chi connectivity index (χ1n) is 7.69. The first kappa shape index (κ1) is 16.6. The van der Waals surface area contributed by atoms with Gasteiger partial charge in [-0.3, -0.25) is 9.59 Å². The van der Waals surface area contributed by atoms with Crippen molar-refractivity contribution >= 4 is 17.6 Å². The van der Waals surface area contributed by atoms with E-state index in [1.807, 2.05) is 4.90 Å². The van der Waals surface area contributed by atoms with Crippen LogP contribution in [-0.4, -0.2) is 36.1 Å². The Morgan fingerprint density at radius 2 is 1.83 bits per heavy atom. The summed E-state index contributed by atoms with van der Waals surface area (Å²) in [5.41, 5.74) is -1.33. The molecule has 1 aliphatic heterocycles. The second kappa shape index (κ2) is 5.68. The van der Waals surface area contributed by atoms with E-state index < -0.39 is 29.0 Å². The topological polar surface area (TPSA) is 69.6 Å². The monoisotopic (exact) mass is 342 g/mol. The lowest BCUT2D eigenvalue weighted by Crippen LogP contribution is -2.44. The van der Waals surface area contributed by atoms with Crippen LogP contribution in [0.2, 0.25) is 0 Å². The molecule has 1 aromatic carbocycles. The van der Waals surface area contributed by atoms with Crippen LogP contribution in [0.3, 0.4) is 0 Å². The number of nitrogens with zero attached hydrogens (tertiary/aromatic N) is 1. The number of rotatable bonds is 4. The lowest BCUT2D eigenvalue weighted by atomic mass is 10.1. The first-order chi connectivity index (χ1) is 11.2. The van der Waals surface area contributed by atoms with Crippen LogP contribution in [0.1, 0.15) is 24.8 Å². The fourth-order valence-electron chi connectivity index (χ4n) is 2.96. The van der Waals surface area contributed by atoms with Gasteiger partial charge in [0.05, 0.1) is 5.56 Å². The molecule has 1 heterocycles. The molecule has 1 atom stereocenters. The number of halogens is 3. The van der Waals surface area contributed by atoms with Gasteiger partial charge in [0, 0.05) is 24.8 Å². The molecule has 1 amide bonds. The Morgan fingerprint density at radius 3 is 2.33 bits per heavy atom.